The second-order valence-corrected chi connectivity index (χ2v) is 9.09. The lowest BCUT2D eigenvalue weighted by Crippen LogP contribution is -2.31. The van der Waals surface area contributed by atoms with Crippen molar-refractivity contribution in [2.45, 2.75) is 45.3 Å². The Hall–Kier alpha value is -3.31. The zero-order chi connectivity index (χ0) is 23.5. The molecule has 5 rings (SSSR count). The van der Waals surface area contributed by atoms with E-state index in [4.69, 9.17) is 12.6 Å². The van der Waals surface area contributed by atoms with E-state index in [0.717, 1.165) is 54.2 Å². The average Bonchev–Trinajstić information content (AvgIpc) is 3.24. The highest BCUT2D eigenvalue weighted by Crippen LogP contribution is 2.27. The molecule has 1 aliphatic rings. The van der Waals surface area contributed by atoms with Crippen LogP contribution in [0.2, 0.25) is 0 Å². The lowest BCUT2D eigenvalue weighted by atomic mass is 9.86. The Kier molecular flexibility index (Phi) is 6.55. The highest BCUT2D eigenvalue weighted by molar-refractivity contribution is 6.33. The number of hydrogen-bond donors (Lipinski definition) is 2. The molecule has 5 heteroatoms. The van der Waals surface area contributed by atoms with Crippen LogP contribution in [0.5, 0.6) is 5.75 Å². The molecule has 170 valence electrons. The van der Waals surface area contributed by atoms with Crippen LogP contribution in [0.25, 0.3) is 10.9 Å². The molecule has 4 nitrogen and oxygen atoms in total. The maximum atomic E-state index is 12.1. The van der Waals surface area contributed by atoms with E-state index >= 15 is 0 Å². The predicted octanol–water partition coefficient (Wildman–Crippen LogP) is 3.76. The first kappa shape index (κ1) is 22.5. The van der Waals surface area contributed by atoms with Gasteiger partial charge in [-0.15, -0.1) is 0 Å². The third kappa shape index (κ3) is 4.80. The summed E-state index contributed by atoms with van der Waals surface area (Å²) in [7, 11) is 6.20. The van der Waals surface area contributed by atoms with E-state index in [1.54, 1.807) is 6.07 Å². The van der Waals surface area contributed by atoms with Gasteiger partial charge in [0.1, 0.15) is 20.2 Å². The fourth-order valence-electron chi connectivity index (χ4n) is 4.96. The van der Waals surface area contributed by atoms with Crippen molar-refractivity contribution in [2.24, 2.45) is 0 Å². The van der Waals surface area contributed by atoms with Crippen LogP contribution < -0.4 is 21.1 Å². The summed E-state index contributed by atoms with van der Waals surface area (Å²) in [5.74, 6) is 0.698. The lowest BCUT2D eigenvalue weighted by molar-refractivity contribution is 0.309. The summed E-state index contributed by atoms with van der Waals surface area (Å²) in [6.45, 7) is 3.48. The minimum atomic E-state index is -0.123. The highest BCUT2D eigenvalue weighted by Gasteiger charge is 2.21. The molecule has 1 heterocycles. The minimum absolute atomic E-state index is 0.123. The predicted molar refractivity (Wildman–Crippen MR) is 139 cm³/mol. The van der Waals surface area contributed by atoms with Gasteiger partial charge in [-0.05, 0) is 66.6 Å². The second kappa shape index (κ2) is 9.90. The summed E-state index contributed by atoms with van der Waals surface area (Å²) in [4.78, 5) is 15.0. The Morgan fingerprint density at radius 2 is 1.79 bits per heavy atom. The molecule has 2 N–H and O–H groups in total. The van der Waals surface area contributed by atoms with Crippen LogP contribution in [0.3, 0.4) is 0 Å². The number of aromatic nitrogens is 1. The van der Waals surface area contributed by atoms with Gasteiger partial charge in [-0.25, -0.2) is 0 Å². The van der Waals surface area contributed by atoms with Gasteiger partial charge in [-0.2, -0.15) is 0 Å². The summed E-state index contributed by atoms with van der Waals surface area (Å²) >= 11 is 0. The van der Waals surface area contributed by atoms with Crippen LogP contribution in [0.4, 0.5) is 0 Å². The van der Waals surface area contributed by atoms with E-state index in [1.807, 2.05) is 42.5 Å². The monoisotopic (exact) mass is 448 g/mol. The summed E-state index contributed by atoms with van der Waals surface area (Å²) < 4.78 is 6.07. The van der Waals surface area contributed by atoms with Gasteiger partial charge in [0.25, 0.3) is 0 Å². The zero-order valence-corrected chi connectivity index (χ0v) is 19.6. The van der Waals surface area contributed by atoms with Crippen molar-refractivity contribution < 1.29 is 4.74 Å². The Bertz CT molecular complexity index is 1360. The van der Waals surface area contributed by atoms with Crippen LogP contribution in [-0.2, 0) is 32.3 Å². The van der Waals surface area contributed by atoms with Crippen molar-refractivity contribution in [1.82, 2.24) is 10.3 Å². The van der Waals surface area contributed by atoms with E-state index in [-0.39, 0.29) is 5.56 Å². The van der Waals surface area contributed by atoms with Crippen molar-refractivity contribution in [3.05, 3.63) is 105 Å². The summed E-state index contributed by atoms with van der Waals surface area (Å²) in [6, 6.07) is 22.5. The van der Waals surface area contributed by atoms with Crippen LogP contribution in [0.1, 0.15) is 34.7 Å². The summed E-state index contributed by atoms with van der Waals surface area (Å²) in [5, 5.41) is 4.76. The molecule has 0 saturated carbocycles. The SMILES string of the molecule is [B]c1cc2c(cc1CC)CC(NCCc1ccc(OCc3ccccc3)c3[nH]c(=O)ccc13)C2. The molecule has 1 aromatic heterocycles. The molecule has 0 amide bonds. The number of aromatic amines is 1. The van der Waals surface area contributed by atoms with Gasteiger partial charge in [0.05, 0.1) is 5.52 Å². The summed E-state index contributed by atoms with van der Waals surface area (Å²) in [6.07, 6.45) is 3.90. The van der Waals surface area contributed by atoms with Crippen molar-refractivity contribution in [3.63, 3.8) is 0 Å². The molecule has 34 heavy (non-hydrogen) atoms. The number of H-pyrrole nitrogens is 1. The van der Waals surface area contributed by atoms with Crippen molar-refractivity contribution in [3.8, 4) is 5.75 Å². The number of fused-ring (bicyclic) bond motifs is 2. The quantitative estimate of drug-likeness (QED) is 0.404. The largest absolute Gasteiger partial charge is 0.487 e. The van der Waals surface area contributed by atoms with Crippen LogP contribution >= 0.6 is 0 Å². The fourth-order valence-corrected chi connectivity index (χ4v) is 4.96. The first-order valence-electron chi connectivity index (χ1n) is 12.1. The molecular weight excluding hydrogens is 419 g/mol. The molecule has 3 aromatic carbocycles. The van der Waals surface area contributed by atoms with Crippen LogP contribution in [0, 0.1) is 0 Å². The topological polar surface area (TPSA) is 54.1 Å². The Morgan fingerprint density at radius 1 is 1.00 bits per heavy atom. The molecule has 1 atom stereocenters. The maximum absolute atomic E-state index is 12.1. The average molecular weight is 448 g/mol. The molecule has 1 unspecified atom stereocenters. The first-order chi connectivity index (χ1) is 16.6. The molecule has 0 fully saturated rings. The molecule has 4 aromatic rings. The number of pyridine rings is 1. The molecule has 1 aliphatic carbocycles. The molecule has 0 saturated heterocycles. The number of benzene rings is 3. The van der Waals surface area contributed by atoms with E-state index in [0.29, 0.717) is 18.4 Å². The number of hydrogen-bond acceptors (Lipinski definition) is 3. The van der Waals surface area contributed by atoms with E-state index in [1.165, 1.54) is 22.3 Å². The number of ether oxygens (including phenoxy) is 1. The lowest BCUT2D eigenvalue weighted by Gasteiger charge is -2.15. The zero-order valence-electron chi connectivity index (χ0n) is 19.6. The third-order valence-corrected chi connectivity index (χ3v) is 6.79. The molecule has 0 bridgehead atoms. The standard InChI is InChI=1S/C29H29BN2O2/c1-2-20-14-22-15-24(16-23(22)17-26(20)30)31-13-12-21-8-10-27(29-25(21)9-11-28(33)32-29)34-18-19-6-4-3-5-7-19/h3-11,14,17,24,31H,2,12-13,15-16,18H2,1H3,(H,32,33). The molecular formula is C29H29BN2O2. The van der Waals surface area contributed by atoms with Gasteiger partial charge in [-0.3, -0.25) is 4.79 Å². The van der Waals surface area contributed by atoms with Gasteiger partial charge in [0.15, 0.2) is 0 Å². The maximum Gasteiger partial charge on any atom is 0.248 e. The van der Waals surface area contributed by atoms with E-state index in [9.17, 15) is 4.79 Å². The minimum Gasteiger partial charge on any atom is -0.487 e. The smallest absolute Gasteiger partial charge is 0.248 e. The molecule has 0 spiro atoms. The number of rotatable bonds is 8. The van der Waals surface area contributed by atoms with Crippen LogP contribution in [0.15, 0.2) is 71.5 Å². The number of nitrogens with one attached hydrogen (secondary N) is 2. The van der Waals surface area contributed by atoms with E-state index in [2.05, 4.69) is 35.4 Å². The fraction of sp³-hybridized carbons (Fsp3) is 0.276. The van der Waals surface area contributed by atoms with Crippen molar-refractivity contribution in [2.75, 3.05) is 6.54 Å². The summed E-state index contributed by atoms with van der Waals surface area (Å²) in [5.41, 5.74) is 7.87. The van der Waals surface area contributed by atoms with Gasteiger partial charge < -0.3 is 15.0 Å². The third-order valence-electron chi connectivity index (χ3n) is 6.79. The van der Waals surface area contributed by atoms with Gasteiger partial charge in [-0.1, -0.05) is 66.5 Å². The van der Waals surface area contributed by atoms with Crippen LogP contribution in [-0.4, -0.2) is 25.4 Å². The van der Waals surface area contributed by atoms with Crippen molar-refractivity contribution in [1.29, 1.82) is 0 Å². The van der Waals surface area contributed by atoms with Crippen molar-refractivity contribution >= 4 is 24.2 Å². The highest BCUT2D eigenvalue weighted by atomic mass is 16.5. The van der Waals surface area contributed by atoms with Gasteiger partial charge in [0, 0.05) is 17.5 Å². The normalized spacial score (nSPS) is 14.9. The van der Waals surface area contributed by atoms with E-state index < -0.39 is 0 Å². The van der Waals surface area contributed by atoms with Gasteiger partial charge in [0.2, 0.25) is 5.56 Å². The second-order valence-electron chi connectivity index (χ2n) is 9.09. The molecule has 2 radical (unpaired) electrons. The first-order valence-corrected chi connectivity index (χ1v) is 12.1. The Labute approximate surface area is 201 Å². The number of aryl methyl sites for hydroxylation is 1. The molecule has 0 aliphatic heterocycles. The van der Waals surface area contributed by atoms with Gasteiger partial charge >= 0.3 is 0 Å². The Balaban J connectivity index is 1.26. The Morgan fingerprint density at radius 3 is 2.59 bits per heavy atom.